The number of aryl methyl sites for hydroxylation is 1. The summed E-state index contributed by atoms with van der Waals surface area (Å²) in [6.07, 6.45) is 4.04. The molecule has 1 heterocycles. The molecule has 0 amide bonds. The fourth-order valence-electron chi connectivity index (χ4n) is 2.25. The second-order valence-electron chi connectivity index (χ2n) is 6.02. The van der Waals surface area contributed by atoms with Crippen LogP contribution in [0.1, 0.15) is 46.1 Å². The zero-order valence-electron chi connectivity index (χ0n) is 12.6. The molecule has 1 aromatic heterocycles. The molecule has 0 radical (unpaired) electrons. The lowest BCUT2D eigenvalue weighted by molar-refractivity contribution is 0.581. The molecule has 3 nitrogen and oxygen atoms in total. The zero-order chi connectivity index (χ0) is 14.0. The maximum Gasteiger partial charge on any atom is 0.0679 e. The summed E-state index contributed by atoms with van der Waals surface area (Å²) in [4.78, 5) is 4.87. The molecule has 0 saturated carbocycles. The van der Waals surface area contributed by atoms with Gasteiger partial charge in [-0.05, 0) is 44.9 Å². The number of rotatable bonds is 3. The Hall–Kier alpha value is -1.64. The smallest absolute Gasteiger partial charge is 0.0679 e. The Bertz CT molecular complexity index is 600. The van der Waals surface area contributed by atoms with Crippen LogP contribution in [0.25, 0.3) is 10.9 Å². The second-order valence-corrected chi connectivity index (χ2v) is 6.02. The van der Waals surface area contributed by atoms with Gasteiger partial charge >= 0.3 is 0 Å². The Morgan fingerprint density at radius 3 is 2.68 bits per heavy atom. The third-order valence-electron chi connectivity index (χ3n) is 3.04. The molecule has 0 N–H and O–H groups in total. The van der Waals surface area contributed by atoms with Gasteiger partial charge in [-0.3, -0.25) is 9.67 Å². The standard InChI is InChI=1S/C16H23N3/c1-6-7-14(18-16(2,3)4)12-8-9-15-13(10-12)11-17-19(15)5/h8-11H,6-7H2,1-5H3. The largest absolute Gasteiger partial charge is 0.283 e. The first-order chi connectivity index (χ1) is 8.90. The minimum atomic E-state index is -0.0333. The number of fused-ring (bicyclic) bond motifs is 1. The maximum absolute atomic E-state index is 4.87. The lowest BCUT2D eigenvalue weighted by atomic mass is 10.0. The first-order valence-electron chi connectivity index (χ1n) is 6.91. The van der Waals surface area contributed by atoms with Crippen LogP contribution < -0.4 is 0 Å². The van der Waals surface area contributed by atoms with Gasteiger partial charge in [-0.2, -0.15) is 5.10 Å². The Morgan fingerprint density at radius 1 is 1.32 bits per heavy atom. The van der Waals surface area contributed by atoms with E-state index in [9.17, 15) is 0 Å². The van der Waals surface area contributed by atoms with Gasteiger partial charge in [0, 0.05) is 18.1 Å². The molecule has 0 spiro atoms. The summed E-state index contributed by atoms with van der Waals surface area (Å²) in [5, 5.41) is 5.47. The van der Waals surface area contributed by atoms with Gasteiger partial charge in [0.2, 0.25) is 0 Å². The molecule has 0 saturated heterocycles. The van der Waals surface area contributed by atoms with Crippen molar-refractivity contribution < 1.29 is 0 Å². The normalized spacial score (nSPS) is 13.2. The van der Waals surface area contributed by atoms with Crippen molar-refractivity contribution in [2.24, 2.45) is 12.0 Å². The van der Waals surface area contributed by atoms with Gasteiger partial charge in [0.1, 0.15) is 0 Å². The predicted molar refractivity (Wildman–Crippen MR) is 81.9 cm³/mol. The van der Waals surface area contributed by atoms with Crippen molar-refractivity contribution in [2.75, 3.05) is 0 Å². The van der Waals surface area contributed by atoms with Crippen molar-refractivity contribution in [1.29, 1.82) is 0 Å². The summed E-state index contributed by atoms with van der Waals surface area (Å²) in [6, 6.07) is 6.48. The van der Waals surface area contributed by atoms with E-state index in [1.165, 1.54) is 16.7 Å². The molecule has 0 bridgehead atoms. The fraction of sp³-hybridized carbons (Fsp3) is 0.500. The fourth-order valence-corrected chi connectivity index (χ4v) is 2.25. The quantitative estimate of drug-likeness (QED) is 0.765. The van der Waals surface area contributed by atoms with Crippen molar-refractivity contribution in [3.05, 3.63) is 30.0 Å². The molecule has 0 unspecified atom stereocenters. The van der Waals surface area contributed by atoms with Crippen LogP contribution in [0, 0.1) is 0 Å². The predicted octanol–water partition coefficient (Wildman–Crippen LogP) is 3.96. The van der Waals surface area contributed by atoms with E-state index in [-0.39, 0.29) is 5.54 Å². The highest BCUT2D eigenvalue weighted by atomic mass is 15.2. The molecular weight excluding hydrogens is 234 g/mol. The van der Waals surface area contributed by atoms with Crippen molar-refractivity contribution in [3.8, 4) is 0 Å². The van der Waals surface area contributed by atoms with E-state index in [2.05, 4.69) is 51.0 Å². The molecule has 2 aromatic rings. The van der Waals surface area contributed by atoms with Crippen molar-refractivity contribution in [3.63, 3.8) is 0 Å². The monoisotopic (exact) mass is 257 g/mol. The summed E-state index contributed by atoms with van der Waals surface area (Å²) in [7, 11) is 1.97. The lowest BCUT2D eigenvalue weighted by Crippen LogP contribution is -2.15. The summed E-state index contributed by atoms with van der Waals surface area (Å²) in [5.41, 5.74) is 3.54. The van der Waals surface area contributed by atoms with Gasteiger partial charge in [-0.1, -0.05) is 19.4 Å². The topological polar surface area (TPSA) is 30.2 Å². The molecule has 19 heavy (non-hydrogen) atoms. The molecule has 0 aliphatic carbocycles. The van der Waals surface area contributed by atoms with E-state index in [4.69, 9.17) is 4.99 Å². The van der Waals surface area contributed by atoms with Crippen molar-refractivity contribution in [2.45, 2.75) is 46.1 Å². The van der Waals surface area contributed by atoms with Crippen molar-refractivity contribution in [1.82, 2.24) is 9.78 Å². The second kappa shape index (κ2) is 5.16. The van der Waals surface area contributed by atoms with Crippen LogP contribution in [0.5, 0.6) is 0 Å². The van der Waals surface area contributed by atoms with Gasteiger partial charge in [-0.25, -0.2) is 0 Å². The number of hydrogen-bond donors (Lipinski definition) is 0. The van der Waals surface area contributed by atoms with Crippen LogP contribution >= 0.6 is 0 Å². The van der Waals surface area contributed by atoms with E-state index in [1.54, 1.807) is 0 Å². The van der Waals surface area contributed by atoms with Crippen LogP contribution in [0.15, 0.2) is 29.4 Å². The number of nitrogens with zero attached hydrogens (tertiary/aromatic N) is 3. The summed E-state index contributed by atoms with van der Waals surface area (Å²) >= 11 is 0. The lowest BCUT2D eigenvalue weighted by Gasteiger charge is -2.16. The summed E-state index contributed by atoms with van der Waals surface area (Å²) < 4.78 is 1.90. The number of aliphatic imine (C=N–C) groups is 1. The maximum atomic E-state index is 4.87. The molecule has 102 valence electrons. The Balaban J connectivity index is 2.47. The van der Waals surface area contributed by atoms with E-state index < -0.39 is 0 Å². The summed E-state index contributed by atoms with van der Waals surface area (Å²) in [6.45, 7) is 8.63. The molecule has 0 atom stereocenters. The Kier molecular flexibility index (Phi) is 3.74. The van der Waals surface area contributed by atoms with Gasteiger partial charge < -0.3 is 0 Å². The molecule has 0 aliphatic rings. The van der Waals surface area contributed by atoms with Crippen molar-refractivity contribution >= 4 is 16.6 Å². The van der Waals surface area contributed by atoms with Crippen LogP contribution in [-0.2, 0) is 7.05 Å². The van der Waals surface area contributed by atoms with Crippen LogP contribution in [0.4, 0.5) is 0 Å². The first-order valence-corrected chi connectivity index (χ1v) is 6.91. The third kappa shape index (κ3) is 3.22. The summed E-state index contributed by atoms with van der Waals surface area (Å²) in [5.74, 6) is 0. The van der Waals surface area contributed by atoms with Crippen LogP contribution in [-0.4, -0.2) is 21.0 Å². The highest BCUT2D eigenvalue weighted by molar-refractivity contribution is 6.03. The van der Waals surface area contributed by atoms with Gasteiger partial charge in [0.15, 0.2) is 0 Å². The van der Waals surface area contributed by atoms with Gasteiger partial charge in [0.25, 0.3) is 0 Å². The molecule has 3 heteroatoms. The Labute approximate surface area is 115 Å². The highest BCUT2D eigenvalue weighted by Crippen LogP contribution is 2.19. The van der Waals surface area contributed by atoms with E-state index in [0.29, 0.717) is 0 Å². The van der Waals surface area contributed by atoms with Gasteiger partial charge in [0.05, 0.1) is 17.3 Å². The SMILES string of the molecule is CCCC(=NC(C)(C)C)c1ccc2c(cnn2C)c1. The number of benzene rings is 1. The molecule has 0 aliphatic heterocycles. The minimum absolute atomic E-state index is 0.0333. The van der Waals surface area contributed by atoms with Crippen LogP contribution in [0.3, 0.4) is 0 Å². The molecule has 0 fully saturated rings. The average Bonchev–Trinajstić information content (AvgIpc) is 2.68. The number of hydrogen-bond acceptors (Lipinski definition) is 2. The average molecular weight is 257 g/mol. The Morgan fingerprint density at radius 2 is 2.05 bits per heavy atom. The third-order valence-corrected chi connectivity index (χ3v) is 3.04. The zero-order valence-corrected chi connectivity index (χ0v) is 12.6. The number of aromatic nitrogens is 2. The molecule has 2 rings (SSSR count). The van der Waals surface area contributed by atoms with Crippen LogP contribution in [0.2, 0.25) is 0 Å². The van der Waals surface area contributed by atoms with Gasteiger partial charge in [-0.15, -0.1) is 0 Å². The first kappa shape index (κ1) is 13.8. The molecule has 1 aromatic carbocycles. The minimum Gasteiger partial charge on any atom is -0.283 e. The van der Waals surface area contributed by atoms with E-state index in [1.807, 2.05) is 17.9 Å². The molecular formula is C16H23N3. The van der Waals surface area contributed by atoms with E-state index >= 15 is 0 Å². The highest BCUT2D eigenvalue weighted by Gasteiger charge is 2.12. The van der Waals surface area contributed by atoms with E-state index in [0.717, 1.165) is 18.4 Å².